The van der Waals surface area contributed by atoms with E-state index in [0.29, 0.717) is 17.3 Å². The summed E-state index contributed by atoms with van der Waals surface area (Å²) in [4.78, 5) is 13.6. The summed E-state index contributed by atoms with van der Waals surface area (Å²) in [6, 6.07) is 5.48. The zero-order chi connectivity index (χ0) is 13.5. The molecule has 0 aliphatic rings. The minimum atomic E-state index is -0.00881. The van der Waals surface area contributed by atoms with Crippen molar-refractivity contribution in [3.8, 4) is 0 Å². The Hall–Kier alpha value is -0.930. The maximum absolute atomic E-state index is 11.8. The van der Waals surface area contributed by atoms with Gasteiger partial charge < -0.3 is 10.2 Å². The third-order valence-electron chi connectivity index (χ3n) is 2.50. The SMILES string of the molecule is CN(C)c1c(Cl)cccc1NC(=O)CCCCCl. The number of nitrogens with zero attached hydrogens (tertiary/aromatic N) is 1. The van der Waals surface area contributed by atoms with Gasteiger partial charge in [-0.1, -0.05) is 17.7 Å². The summed E-state index contributed by atoms with van der Waals surface area (Å²) in [5, 5.41) is 3.51. The molecule has 0 aliphatic carbocycles. The standard InChI is InChI=1S/C13H18Cl2N2O/c1-17(2)13-10(15)6-5-7-11(13)16-12(18)8-3-4-9-14/h5-7H,3-4,8-9H2,1-2H3,(H,16,18). The Labute approximate surface area is 118 Å². The fourth-order valence-electron chi connectivity index (χ4n) is 1.66. The highest BCUT2D eigenvalue weighted by molar-refractivity contribution is 6.34. The molecule has 0 aromatic heterocycles. The second-order valence-electron chi connectivity index (χ2n) is 4.22. The molecule has 0 atom stereocenters. The van der Waals surface area contributed by atoms with Gasteiger partial charge in [-0.2, -0.15) is 0 Å². The lowest BCUT2D eigenvalue weighted by Gasteiger charge is -2.19. The van der Waals surface area contributed by atoms with Crippen molar-refractivity contribution in [3.05, 3.63) is 23.2 Å². The first-order chi connectivity index (χ1) is 8.56. The van der Waals surface area contributed by atoms with E-state index in [4.69, 9.17) is 23.2 Å². The first-order valence-electron chi connectivity index (χ1n) is 5.88. The predicted molar refractivity (Wildman–Crippen MR) is 79.0 cm³/mol. The molecule has 18 heavy (non-hydrogen) atoms. The van der Waals surface area contributed by atoms with Crippen LogP contribution < -0.4 is 10.2 Å². The van der Waals surface area contributed by atoms with E-state index in [0.717, 1.165) is 24.2 Å². The maximum Gasteiger partial charge on any atom is 0.224 e. The van der Waals surface area contributed by atoms with Crippen LogP contribution in [0.1, 0.15) is 19.3 Å². The van der Waals surface area contributed by atoms with Crippen molar-refractivity contribution < 1.29 is 4.79 Å². The Morgan fingerprint density at radius 2 is 2.06 bits per heavy atom. The molecular weight excluding hydrogens is 271 g/mol. The Morgan fingerprint density at radius 1 is 1.33 bits per heavy atom. The topological polar surface area (TPSA) is 32.3 Å². The number of nitrogens with one attached hydrogen (secondary N) is 1. The quantitative estimate of drug-likeness (QED) is 0.639. The lowest BCUT2D eigenvalue weighted by Crippen LogP contribution is -2.16. The third kappa shape index (κ3) is 4.39. The van der Waals surface area contributed by atoms with Gasteiger partial charge >= 0.3 is 0 Å². The van der Waals surface area contributed by atoms with Gasteiger partial charge in [0.1, 0.15) is 0 Å². The molecule has 1 aromatic carbocycles. The highest BCUT2D eigenvalue weighted by Crippen LogP contribution is 2.32. The molecule has 1 N–H and O–H groups in total. The van der Waals surface area contributed by atoms with Crippen molar-refractivity contribution in [2.24, 2.45) is 0 Å². The van der Waals surface area contributed by atoms with Crippen LogP contribution in [-0.2, 0) is 4.79 Å². The molecule has 0 spiro atoms. The van der Waals surface area contributed by atoms with E-state index >= 15 is 0 Å². The van der Waals surface area contributed by atoms with E-state index in [-0.39, 0.29) is 5.91 Å². The van der Waals surface area contributed by atoms with E-state index in [1.54, 1.807) is 6.07 Å². The van der Waals surface area contributed by atoms with Crippen molar-refractivity contribution in [1.29, 1.82) is 0 Å². The average molecular weight is 289 g/mol. The molecular formula is C13H18Cl2N2O. The van der Waals surface area contributed by atoms with Crippen LogP contribution in [0, 0.1) is 0 Å². The monoisotopic (exact) mass is 288 g/mol. The number of hydrogen-bond acceptors (Lipinski definition) is 2. The van der Waals surface area contributed by atoms with Crippen molar-refractivity contribution >= 4 is 40.5 Å². The highest BCUT2D eigenvalue weighted by Gasteiger charge is 2.11. The Morgan fingerprint density at radius 3 is 2.67 bits per heavy atom. The van der Waals surface area contributed by atoms with Crippen LogP contribution in [0.2, 0.25) is 5.02 Å². The third-order valence-corrected chi connectivity index (χ3v) is 3.07. The number of unbranched alkanes of at least 4 members (excludes halogenated alkanes) is 1. The van der Waals surface area contributed by atoms with Crippen molar-refractivity contribution in [3.63, 3.8) is 0 Å². The fourth-order valence-corrected chi connectivity index (χ4v) is 2.20. The van der Waals surface area contributed by atoms with Gasteiger partial charge in [0.25, 0.3) is 0 Å². The summed E-state index contributed by atoms with van der Waals surface area (Å²) in [6.07, 6.45) is 2.13. The second-order valence-corrected chi connectivity index (χ2v) is 5.01. The van der Waals surface area contributed by atoms with Crippen LogP contribution in [0.4, 0.5) is 11.4 Å². The van der Waals surface area contributed by atoms with Crippen molar-refractivity contribution in [2.75, 3.05) is 30.2 Å². The van der Waals surface area contributed by atoms with Crippen LogP contribution in [0.3, 0.4) is 0 Å². The van der Waals surface area contributed by atoms with Crippen LogP contribution in [0.25, 0.3) is 0 Å². The zero-order valence-electron chi connectivity index (χ0n) is 10.7. The zero-order valence-corrected chi connectivity index (χ0v) is 12.2. The van der Waals surface area contributed by atoms with Gasteiger partial charge in [-0.15, -0.1) is 11.6 Å². The number of carbonyl (C=O) groups excluding carboxylic acids is 1. The lowest BCUT2D eigenvalue weighted by molar-refractivity contribution is -0.116. The van der Waals surface area contributed by atoms with Crippen LogP contribution >= 0.6 is 23.2 Å². The molecule has 0 saturated heterocycles. The van der Waals surface area contributed by atoms with Crippen molar-refractivity contribution in [1.82, 2.24) is 0 Å². The average Bonchev–Trinajstić information content (AvgIpc) is 2.28. The molecule has 0 bridgehead atoms. The number of halogens is 2. The molecule has 1 aromatic rings. The highest BCUT2D eigenvalue weighted by atomic mass is 35.5. The second kappa shape index (κ2) is 7.49. The van der Waals surface area contributed by atoms with E-state index < -0.39 is 0 Å². The summed E-state index contributed by atoms with van der Waals surface area (Å²) in [6.45, 7) is 0. The normalized spacial score (nSPS) is 10.2. The summed E-state index contributed by atoms with van der Waals surface area (Å²) < 4.78 is 0. The number of para-hydroxylation sites is 1. The van der Waals surface area contributed by atoms with Gasteiger partial charge in [-0.05, 0) is 25.0 Å². The van der Waals surface area contributed by atoms with Crippen molar-refractivity contribution in [2.45, 2.75) is 19.3 Å². The van der Waals surface area contributed by atoms with Gasteiger partial charge in [0, 0.05) is 26.4 Å². The molecule has 0 heterocycles. The molecule has 3 nitrogen and oxygen atoms in total. The van der Waals surface area contributed by atoms with E-state index in [9.17, 15) is 4.79 Å². The fraction of sp³-hybridized carbons (Fsp3) is 0.462. The first-order valence-corrected chi connectivity index (χ1v) is 6.79. The summed E-state index contributed by atoms with van der Waals surface area (Å²) in [5.41, 5.74) is 1.56. The number of alkyl halides is 1. The minimum Gasteiger partial charge on any atom is -0.375 e. The number of benzene rings is 1. The number of anilines is 2. The minimum absolute atomic E-state index is 0.00881. The molecule has 0 aliphatic heterocycles. The molecule has 0 fully saturated rings. The molecule has 100 valence electrons. The van der Waals surface area contributed by atoms with Gasteiger partial charge in [0.2, 0.25) is 5.91 Å². The summed E-state index contributed by atoms with van der Waals surface area (Å²) in [7, 11) is 3.79. The summed E-state index contributed by atoms with van der Waals surface area (Å²) >= 11 is 11.7. The van der Waals surface area contributed by atoms with E-state index in [1.807, 2.05) is 31.1 Å². The largest absolute Gasteiger partial charge is 0.375 e. The Bertz CT molecular complexity index is 408. The van der Waals surface area contributed by atoms with Gasteiger partial charge in [-0.25, -0.2) is 0 Å². The molecule has 1 amide bonds. The van der Waals surface area contributed by atoms with Crippen LogP contribution in [0.15, 0.2) is 18.2 Å². The summed E-state index contributed by atoms with van der Waals surface area (Å²) in [5.74, 6) is 0.582. The van der Waals surface area contributed by atoms with Crippen LogP contribution in [-0.4, -0.2) is 25.9 Å². The molecule has 5 heteroatoms. The number of hydrogen-bond donors (Lipinski definition) is 1. The smallest absolute Gasteiger partial charge is 0.224 e. The molecule has 0 saturated carbocycles. The molecule has 0 radical (unpaired) electrons. The van der Waals surface area contributed by atoms with Crippen LogP contribution in [0.5, 0.6) is 0 Å². The van der Waals surface area contributed by atoms with Gasteiger partial charge in [-0.3, -0.25) is 4.79 Å². The number of carbonyl (C=O) groups is 1. The van der Waals surface area contributed by atoms with E-state index in [2.05, 4.69) is 5.32 Å². The maximum atomic E-state index is 11.8. The predicted octanol–water partition coefficient (Wildman–Crippen LogP) is 3.75. The number of rotatable bonds is 6. The first kappa shape index (κ1) is 15.1. The molecule has 0 unspecified atom stereocenters. The number of amides is 1. The van der Waals surface area contributed by atoms with Gasteiger partial charge in [0.05, 0.1) is 16.4 Å². The van der Waals surface area contributed by atoms with E-state index in [1.165, 1.54) is 0 Å². The van der Waals surface area contributed by atoms with Gasteiger partial charge in [0.15, 0.2) is 0 Å². The Balaban J connectivity index is 2.72. The lowest BCUT2D eigenvalue weighted by atomic mass is 10.2. The Kier molecular flexibility index (Phi) is 6.30. The molecule has 1 rings (SSSR count).